The molecule has 132 valence electrons. The van der Waals surface area contributed by atoms with Crippen LogP contribution < -0.4 is 9.47 Å². The average Bonchev–Trinajstić information content (AvgIpc) is 2.83. The zero-order valence-corrected chi connectivity index (χ0v) is 14.9. The van der Waals surface area contributed by atoms with Crippen LogP contribution in [0.25, 0.3) is 0 Å². The smallest absolute Gasteiger partial charge is 0.175 e. The van der Waals surface area contributed by atoms with Gasteiger partial charge in [-0.25, -0.2) is 0 Å². The van der Waals surface area contributed by atoms with Crippen molar-refractivity contribution in [1.82, 2.24) is 0 Å². The van der Waals surface area contributed by atoms with Gasteiger partial charge in [-0.2, -0.15) is 0 Å². The first-order valence-corrected chi connectivity index (χ1v) is 8.65. The van der Waals surface area contributed by atoms with Crippen LogP contribution in [0, 0.1) is 13.8 Å². The summed E-state index contributed by atoms with van der Waals surface area (Å²) in [4.78, 5) is 2.32. The molecule has 0 aromatic carbocycles. The Bertz CT molecular complexity index is 462. The fourth-order valence-electron chi connectivity index (χ4n) is 2.20. The Hall–Kier alpha value is -0.860. The lowest BCUT2D eigenvalue weighted by Gasteiger charge is -2.25. The zero-order valence-electron chi connectivity index (χ0n) is 14.1. The lowest BCUT2D eigenvalue weighted by molar-refractivity contribution is -0.0233. The molecule has 2 heterocycles. The number of rotatable bonds is 11. The molecule has 6 nitrogen and oxygen atoms in total. The molecule has 1 aromatic heterocycles. The highest BCUT2D eigenvalue weighted by atomic mass is 32.1. The molecular formula is C16H26O6S. The topological polar surface area (TPSA) is 55.4 Å². The highest BCUT2D eigenvalue weighted by Crippen LogP contribution is 2.43. The van der Waals surface area contributed by atoms with Gasteiger partial charge >= 0.3 is 0 Å². The van der Waals surface area contributed by atoms with E-state index in [2.05, 4.69) is 0 Å². The molecule has 23 heavy (non-hydrogen) atoms. The Kier molecular flexibility index (Phi) is 8.11. The van der Waals surface area contributed by atoms with Gasteiger partial charge in [-0.05, 0) is 13.8 Å². The van der Waals surface area contributed by atoms with Gasteiger partial charge in [0.15, 0.2) is 17.6 Å². The molecule has 0 radical (unpaired) electrons. The van der Waals surface area contributed by atoms with E-state index >= 15 is 0 Å². The highest BCUT2D eigenvalue weighted by Gasteiger charge is 2.26. The predicted octanol–water partition coefficient (Wildman–Crippen LogP) is 2.20. The van der Waals surface area contributed by atoms with E-state index in [0.717, 1.165) is 21.3 Å². The fourth-order valence-corrected chi connectivity index (χ4v) is 3.14. The minimum absolute atomic E-state index is 0.0624. The van der Waals surface area contributed by atoms with Crippen LogP contribution in [0.15, 0.2) is 0 Å². The maximum Gasteiger partial charge on any atom is 0.175 e. The lowest BCUT2D eigenvalue weighted by Crippen LogP contribution is -2.33. The third kappa shape index (κ3) is 5.93. The Morgan fingerprint density at radius 1 is 0.913 bits per heavy atom. The second-order valence-corrected chi connectivity index (χ2v) is 6.64. The number of aryl methyl sites for hydroxylation is 2. The predicted molar refractivity (Wildman–Crippen MR) is 88.0 cm³/mol. The summed E-state index contributed by atoms with van der Waals surface area (Å²) in [7, 11) is 1.65. The van der Waals surface area contributed by atoms with E-state index in [9.17, 15) is 0 Å². The molecule has 0 spiro atoms. The molecule has 0 N–H and O–H groups in total. The van der Waals surface area contributed by atoms with Crippen LogP contribution in [-0.4, -0.2) is 66.1 Å². The molecule has 1 aliphatic heterocycles. The van der Waals surface area contributed by atoms with Gasteiger partial charge in [0.2, 0.25) is 0 Å². The van der Waals surface area contributed by atoms with Gasteiger partial charge in [0.25, 0.3) is 0 Å². The molecule has 0 saturated heterocycles. The van der Waals surface area contributed by atoms with E-state index in [1.165, 1.54) is 0 Å². The standard InChI is InChI=1S/C16H26O6S/c1-12-15-16(13(2)23-12)22-14(11-21-15)10-20-9-8-19-7-6-18-5-4-17-3/h14H,4-11H2,1-3H3. The molecular weight excluding hydrogens is 320 g/mol. The second-order valence-electron chi connectivity index (χ2n) is 5.22. The number of fused-ring (bicyclic) bond motifs is 1. The summed E-state index contributed by atoms with van der Waals surface area (Å²) in [5.41, 5.74) is 0. The van der Waals surface area contributed by atoms with E-state index in [0.29, 0.717) is 52.9 Å². The highest BCUT2D eigenvalue weighted by molar-refractivity contribution is 7.12. The van der Waals surface area contributed by atoms with Crippen LogP contribution >= 0.6 is 11.3 Å². The van der Waals surface area contributed by atoms with Gasteiger partial charge < -0.3 is 28.4 Å². The normalized spacial score (nSPS) is 16.7. The third-order valence-electron chi connectivity index (χ3n) is 3.33. The van der Waals surface area contributed by atoms with Crippen molar-refractivity contribution in [2.24, 2.45) is 0 Å². The van der Waals surface area contributed by atoms with Crippen LogP contribution in [0.1, 0.15) is 9.75 Å². The third-order valence-corrected chi connectivity index (χ3v) is 4.31. The number of ether oxygens (including phenoxy) is 6. The van der Waals surface area contributed by atoms with Crippen molar-refractivity contribution in [3.8, 4) is 11.5 Å². The molecule has 0 bridgehead atoms. The van der Waals surface area contributed by atoms with Crippen LogP contribution in [0.4, 0.5) is 0 Å². The van der Waals surface area contributed by atoms with E-state index < -0.39 is 0 Å². The summed E-state index contributed by atoms with van der Waals surface area (Å²) in [5, 5.41) is 0. The van der Waals surface area contributed by atoms with Crippen LogP contribution in [-0.2, 0) is 18.9 Å². The first-order valence-electron chi connectivity index (χ1n) is 7.84. The molecule has 2 rings (SSSR count). The Balaban J connectivity index is 1.50. The van der Waals surface area contributed by atoms with E-state index in [4.69, 9.17) is 28.4 Å². The first kappa shape index (κ1) is 18.5. The van der Waals surface area contributed by atoms with Gasteiger partial charge in [-0.1, -0.05) is 0 Å². The van der Waals surface area contributed by atoms with Gasteiger partial charge in [-0.3, -0.25) is 0 Å². The summed E-state index contributed by atoms with van der Waals surface area (Å²) in [5.74, 6) is 1.76. The maximum absolute atomic E-state index is 5.95. The SMILES string of the molecule is COCCOCCOCCOCC1COc2c(C)sc(C)c2O1. The van der Waals surface area contributed by atoms with Crippen molar-refractivity contribution < 1.29 is 28.4 Å². The van der Waals surface area contributed by atoms with Crippen molar-refractivity contribution in [2.75, 3.05) is 60.0 Å². The molecule has 0 fully saturated rings. The number of thiophene rings is 1. The number of hydrogen-bond acceptors (Lipinski definition) is 7. The summed E-state index contributed by atoms with van der Waals surface area (Å²) in [6, 6.07) is 0. The molecule has 1 aromatic rings. The van der Waals surface area contributed by atoms with Gasteiger partial charge in [0.05, 0.1) is 46.2 Å². The molecule has 0 aliphatic carbocycles. The van der Waals surface area contributed by atoms with Crippen molar-refractivity contribution in [1.29, 1.82) is 0 Å². The summed E-state index contributed by atoms with van der Waals surface area (Å²) in [6.45, 7) is 8.54. The number of hydrogen-bond donors (Lipinski definition) is 0. The summed E-state index contributed by atoms with van der Waals surface area (Å²) in [6.07, 6.45) is -0.0624. The zero-order chi connectivity index (χ0) is 16.5. The second kappa shape index (κ2) is 10.1. The fraction of sp³-hybridized carbons (Fsp3) is 0.750. The molecule has 0 saturated carbocycles. The largest absolute Gasteiger partial charge is 0.485 e. The summed E-state index contributed by atoms with van der Waals surface area (Å²) < 4.78 is 32.9. The van der Waals surface area contributed by atoms with Crippen molar-refractivity contribution in [3.63, 3.8) is 0 Å². The minimum Gasteiger partial charge on any atom is -0.485 e. The van der Waals surface area contributed by atoms with Crippen LogP contribution in [0.5, 0.6) is 11.5 Å². The minimum atomic E-state index is -0.0624. The quantitative estimate of drug-likeness (QED) is 0.573. The van der Waals surface area contributed by atoms with Crippen molar-refractivity contribution in [2.45, 2.75) is 20.0 Å². The Morgan fingerprint density at radius 3 is 2.22 bits per heavy atom. The van der Waals surface area contributed by atoms with Crippen molar-refractivity contribution in [3.05, 3.63) is 9.75 Å². The molecule has 1 aliphatic rings. The Labute approximate surface area is 141 Å². The monoisotopic (exact) mass is 346 g/mol. The molecule has 0 amide bonds. The Morgan fingerprint density at radius 2 is 1.52 bits per heavy atom. The van der Waals surface area contributed by atoms with E-state index in [1.807, 2.05) is 13.8 Å². The number of methoxy groups -OCH3 is 1. The van der Waals surface area contributed by atoms with Gasteiger partial charge in [-0.15, -0.1) is 11.3 Å². The molecule has 1 unspecified atom stereocenters. The summed E-state index contributed by atoms with van der Waals surface area (Å²) >= 11 is 1.70. The van der Waals surface area contributed by atoms with E-state index in [-0.39, 0.29) is 6.10 Å². The van der Waals surface area contributed by atoms with Crippen LogP contribution in [0.3, 0.4) is 0 Å². The molecule has 7 heteroatoms. The lowest BCUT2D eigenvalue weighted by atomic mass is 10.3. The molecule has 1 atom stereocenters. The van der Waals surface area contributed by atoms with Crippen LogP contribution in [0.2, 0.25) is 0 Å². The van der Waals surface area contributed by atoms with Crippen molar-refractivity contribution >= 4 is 11.3 Å². The average molecular weight is 346 g/mol. The van der Waals surface area contributed by atoms with Gasteiger partial charge in [0.1, 0.15) is 6.61 Å². The van der Waals surface area contributed by atoms with E-state index in [1.54, 1.807) is 18.4 Å². The van der Waals surface area contributed by atoms with Gasteiger partial charge in [0, 0.05) is 16.9 Å². The first-order chi connectivity index (χ1) is 11.2. The maximum atomic E-state index is 5.95.